The maximum absolute atomic E-state index is 12.3. The monoisotopic (exact) mass is 375 g/mol. The molecule has 7 nitrogen and oxygen atoms in total. The molecule has 1 unspecified atom stereocenters. The number of nitrogens with one attached hydrogen (secondary N) is 1. The molecule has 0 aromatic heterocycles. The van der Waals surface area contributed by atoms with Crippen LogP contribution in [0.15, 0.2) is 54.6 Å². The van der Waals surface area contributed by atoms with E-state index in [0.29, 0.717) is 12.1 Å². The van der Waals surface area contributed by atoms with Crippen LogP contribution in [0.2, 0.25) is 0 Å². The highest BCUT2D eigenvalue weighted by molar-refractivity contribution is 7.88. The Hall–Kier alpha value is -2.45. The van der Waals surface area contributed by atoms with Crippen molar-refractivity contribution in [1.82, 2.24) is 4.72 Å². The van der Waals surface area contributed by atoms with Gasteiger partial charge in [0.1, 0.15) is 0 Å². The second-order valence-corrected chi connectivity index (χ2v) is 8.27. The van der Waals surface area contributed by atoms with Crippen molar-refractivity contribution in [2.24, 2.45) is 5.92 Å². The van der Waals surface area contributed by atoms with Crippen LogP contribution in [0.25, 0.3) is 0 Å². The normalized spacial score (nSPS) is 17.4. The zero-order valence-corrected chi connectivity index (χ0v) is 15.1. The van der Waals surface area contributed by atoms with Gasteiger partial charge in [0.15, 0.2) is 0 Å². The number of nitro benzene ring substituents is 1. The van der Waals surface area contributed by atoms with E-state index in [0.717, 1.165) is 25.2 Å². The molecule has 1 saturated heterocycles. The van der Waals surface area contributed by atoms with E-state index in [1.54, 1.807) is 0 Å². The molecule has 2 aromatic carbocycles. The van der Waals surface area contributed by atoms with Crippen molar-refractivity contribution in [3.05, 3.63) is 70.3 Å². The second kappa shape index (κ2) is 7.84. The first-order valence-electron chi connectivity index (χ1n) is 8.43. The predicted molar refractivity (Wildman–Crippen MR) is 100 cm³/mol. The van der Waals surface area contributed by atoms with Crippen molar-refractivity contribution in [3.63, 3.8) is 0 Å². The van der Waals surface area contributed by atoms with Crippen molar-refractivity contribution in [1.29, 1.82) is 0 Å². The molecule has 0 saturated carbocycles. The van der Waals surface area contributed by atoms with Gasteiger partial charge >= 0.3 is 0 Å². The third-order valence-electron chi connectivity index (χ3n) is 4.50. The Kier molecular flexibility index (Phi) is 5.53. The highest BCUT2D eigenvalue weighted by Crippen LogP contribution is 2.23. The smallest absolute Gasteiger partial charge is 0.269 e. The molecule has 1 fully saturated rings. The van der Waals surface area contributed by atoms with Crippen LogP contribution in [0, 0.1) is 16.0 Å². The first-order chi connectivity index (χ1) is 12.4. The summed E-state index contributed by atoms with van der Waals surface area (Å²) in [6.07, 6.45) is 0.939. The number of benzene rings is 2. The molecule has 0 spiro atoms. The summed E-state index contributed by atoms with van der Waals surface area (Å²) in [4.78, 5) is 12.4. The number of nitrogens with zero attached hydrogens (tertiary/aromatic N) is 2. The summed E-state index contributed by atoms with van der Waals surface area (Å²) in [5.41, 5.74) is 1.63. The van der Waals surface area contributed by atoms with E-state index in [1.165, 1.54) is 24.3 Å². The van der Waals surface area contributed by atoms with Gasteiger partial charge in [-0.3, -0.25) is 10.1 Å². The molecule has 0 aliphatic carbocycles. The third kappa shape index (κ3) is 4.80. The summed E-state index contributed by atoms with van der Waals surface area (Å²) in [5, 5.41) is 10.6. The highest BCUT2D eigenvalue weighted by Gasteiger charge is 2.24. The molecule has 26 heavy (non-hydrogen) atoms. The summed E-state index contributed by atoms with van der Waals surface area (Å²) in [6, 6.07) is 15.7. The quantitative estimate of drug-likeness (QED) is 0.593. The van der Waals surface area contributed by atoms with Gasteiger partial charge in [0.2, 0.25) is 10.0 Å². The molecular formula is C18H21N3O4S. The molecule has 138 valence electrons. The third-order valence-corrected chi connectivity index (χ3v) is 5.82. The van der Waals surface area contributed by atoms with Gasteiger partial charge in [0.25, 0.3) is 5.69 Å². The zero-order valence-electron chi connectivity index (χ0n) is 14.2. The number of anilines is 1. The maximum Gasteiger partial charge on any atom is 0.269 e. The SMILES string of the molecule is O=[N+]([O-])c1ccc(CS(=O)(=O)NCC2CCN(c3ccccc3)C2)cc1. The van der Waals surface area contributed by atoms with Gasteiger partial charge in [-0.05, 0) is 30.0 Å². The largest absolute Gasteiger partial charge is 0.371 e. The van der Waals surface area contributed by atoms with E-state index in [9.17, 15) is 18.5 Å². The van der Waals surface area contributed by atoms with E-state index >= 15 is 0 Å². The zero-order chi connectivity index (χ0) is 18.6. The first-order valence-corrected chi connectivity index (χ1v) is 10.1. The van der Waals surface area contributed by atoms with Crippen molar-refractivity contribution in [2.45, 2.75) is 12.2 Å². The second-order valence-electron chi connectivity index (χ2n) is 6.47. The van der Waals surface area contributed by atoms with Crippen LogP contribution in [0.3, 0.4) is 0 Å². The van der Waals surface area contributed by atoms with Gasteiger partial charge in [-0.25, -0.2) is 13.1 Å². The van der Waals surface area contributed by atoms with E-state index in [2.05, 4.69) is 21.8 Å². The number of sulfonamides is 1. The number of hydrogen-bond acceptors (Lipinski definition) is 5. The average molecular weight is 375 g/mol. The van der Waals surface area contributed by atoms with Crippen molar-refractivity contribution < 1.29 is 13.3 Å². The molecule has 1 atom stereocenters. The Balaban J connectivity index is 1.51. The van der Waals surface area contributed by atoms with Gasteiger partial charge in [-0.15, -0.1) is 0 Å². The van der Waals surface area contributed by atoms with Crippen LogP contribution in [0.1, 0.15) is 12.0 Å². The minimum Gasteiger partial charge on any atom is -0.371 e. The highest BCUT2D eigenvalue weighted by atomic mass is 32.2. The summed E-state index contributed by atoms with van der Waals surface area (Å²) in [7, 11) is -3.48. The minimum absolute atomic E-state index is 0.0499. The molecule has 1 aliphatic rings. The summed E-state index contributed by atoms with van der Waals surface area (Å²) < 4.78 is 27.2. The van der Waals surface area contributed by atoms with Gasteiger partial charge in [0.05, 0.1) is 10.7 Å². The van der Waals surface area contributed by atoms with E-state index in [-0.39, 0.29) is 17.4 Å². The number of nitro groups is 1. The fourth-order valence-corrected chi connectivity index (χ4v) is 4.32. The molecule has 8 heteroatoms. The molecular weight excluding hydrogens is 354 g/mol. The van der Waals surface area contributed by atoms with Crippen molar-refractivity contribution in [2.75, 3.05) is 24.5 Å². The Morgan fingerprint density at radius 3 is 2.46 bits per heavy atom. The van der Waals surface area contributed by atoms with E-state index in [4.69, 9.17) is 0 Å². The van der Waals surface area contributed by atoms with Crippen molar-refractivity contribution >= 4 is 21.4 Å². The van der Waals surface area contributed by atoms with Crippen LogP contribution in [-0.2, 0) is 15.8 Å². The van der Waals surface area contributed by atoms with Gasteiger partial charge < -0.3 is 4.90 Å². The standard InChI is InChI=1S/C18H21N3O4S/c22-21(23)18-8-6-15(7-9-18)14-26(24,25)19-12-16-10-11-20(13-16)17-4-2-1-3-5-17/h1-9,16,19H,10-14H2. The van der Waals surface area contributed by atoms with Crippen LogP contribution >= 0.6 is 0 Å². The number of rotatable bonds is 7. The molecule has 3 rings (SSSR count). The Morgan fingerprint density at radius 1 is 1.12 bits per heavy atom. The fourth-order valence-electron chi connectivity index (χ4n) is 3.10. The van der Waals surface area contributed by atoms with Crippen LogP contribution in [-0.4, -0.2) is 33.0 Å². The summed E-state index contributed by atoms with van der Waals surface area (Å²) in [5.74, 6) is 0.0852. The number of para-hydroxylation sites is 1. The van der Waals surface area contributed by atoms with Gasteiger partial charge in [0, 0.05) is 37.5 Å². The predicted octanol–water partition coefficient (Wildman–Crippen LogP) is 2.54. The molecule has 0 bridgehead atoms. The summed E-state index contributed by atoms with van der Waals surface area (Å²) in [6.45, 7) is 2.14. The topological polar surface area (TPSA) is 92.5 Å². The first kappa shape index (κ1) is 18.3. The van der Waals surface area contributed by atoms with E-state index < -0.39 is 14.9 Å². The number of hydrogen-bond donors (Lipinski definition) is 1. The van der Waals surface area contributed by atoms with Crippen LogP contribution < -0.4 is 9.62 Å². The minimum atomic E-state index is -3.48. The molecule has 1 heterocycles. The molecule has 1 N–H and O–H groups in total. The molecule has 0 amide bonds. The van der Waals surface area contributed by atoms with Gasteiger partial charge in [-0.2, -0.15) is 0 Å². The Morgan fingerprint density at radius 2 is 1.81 bits per heavy atom. The van der Waals surface area contributed by atoms with Crippen LogP contribution in [0.5, 0.6) is 0 Å². The fraction of sp³-hybridized carbons (Fsp3) is 0.333. The lowest BCUT2D eigenvalue weighted by atomic mass is 10.1. The number of non-ortho nitro benzene ring substituents is 1. The lowest BCUT2D eigenvalue weighted by molar-refractivity contribution is -0.384. The molecule has 1 aliphatic heterocycles. The van der Waals surface area contributed by atoms with Gasteiger partial charge in [-0.1, -0.05) is 30.3 Å². The molecule has 2 aromatic rings. The molecule has 0 radical (unpaired) electrons. The maximum atomic E-state index is 12.3. The van der Waals surface area contributed by atoms with Crippen molar-refractivity contribution in [3.8, 4) is 0 Å². The lowest BCUT2D eigenvalue weighted by Crippen LogP contribution is -2.31. The average Bonchev–Trinajstić information content (AvgIpc) is 3.10. The lowest BCUT2D eigenvalue weighted by Gasteiger charge is -2.18. The Labute approximate surface area is 152 Å². The summed E-state index contributed by atoms with van der Waals surface area (Å²) >= 11 is 0. The van der Waals surface area contributed by atoms with Crippen LogP contribution in [0.4, 0.5) is 11.4 Å². The Bertz CT molecular complexity index is 854. The van der Waals surface area contributed by atoms with E-state index in [1.807, 2.05) is 18.2 Å².